The average Bonchev–Trinajstić information content (AvgIpc) is 3.30. The number of para-hydroxylation sites is 1. The highest BCUT2D eigenvalue weighted by atomic mass is 35.5. The van der Waals surface area contributed by atoms with Crippen molar-refractivity contribution in [3.8, 4) is 11.4 Å². The fourth-order valence-electron chi connectivity index (χ4n) is 5.21. The number of rotatable bonds is 10. The Morgan fingerprint density at radius 3 is 2.73 bits per heavy atom. The van der Waals surface area contributed by atoms with Gasteiger partial charge in [0.25, 0.3) is 5.56 Å². The number of hydrogen-bond donors (Lipinski definition) is 3. The van der Waals surface area contributed by atoms with Crippen molar-refractivity contribution in [2.75, 3.05) is 19.0 Å². The van der Waals surface area contributed by atoms with Gasteiger partial charge in [0.15, 0.2) is 0 Å². The number of unbranched alkanes of at least 4 members (excludes halogenated alkanes) is 1. The van der Waals surface area contributed by atoms with Gasteiger partial charge in [-0.15, -0.1) is 11.6 Å². The third kappa shape index (κ3) is 4.85. The number of nitrogens with zero attached hydrogens (tertiary/aromatic N) is 2. The monoisotopic (exact) mass is 567 g/mol. The lowest BCUT2D eigenvalue weighted by Crippen LogP contribution is -2.52. The summed E-state index contributed by atoms with van der Waals surface area (Å²) in [5, 5.41) is 3.56. The van der Waals surface area contributed by atoms with Crippen molar-refractivity contribution in [1.29, 1.82) is 0 Å². The zero-order valence-electron chi connectivity index (χ0n) is 21.8. The molecule has 12 heteroatoms. The summed E-state index contributed by atoms with van der Waals surface area (Å²) in [6, 6.07) is 10.2. The molecule has 2 atom stereocenters. The Kier molecular flexibility index (Phi) is 7.88. The molecule has 3 aromatic rings. The number of halogens is 1. The summed E-state index contributed by atoms with van der Waals surface area (Å²) in [7, 11) is 0. The summed E-state index contributed by atoms with van der Waals surface area (Å²) in [6.07, 6.45) is 1.38. The summed E-state index contributed by atoms with van der Waals surface area (Å²) in [6.45, 7) is 0.514. The number of nitrogens with one attached hydrogen (secondary N) is 1. The van der Waals surface area contributed by atoms with Crippen LogP contribution in [0.4, 0.5) is 0 Å². The average molecular weight is 568 g/mol. The summed E-state index contributed by atoms with van der Waals surface area (Å²) < 4.78 is 12.7. The Morgan fingerprint density at radius 1 is 1.18 bits per heavy atom. The molecule has 4 heterocycles. The molecule has 1 unspecified atom stereocenters. The van der Waals surface area contributed by atoms with Gasteiger partial charge in [0.1, 0.15) is 12.6 Å². The second-order valence-corrected chi connectivity index (χ2v) is 10.2. The molecule has 2 aromatic heterocycles. The SMILES string of the molecule is NCCCCC(NC(=O)CCN)C(=O)O[C@@]1(CCl)C(=O)OCc2c1cc1n(c2=O)Cc2cc3ccccc3nc2-1. The summed E-state index contributed by atoms with van der Waals surface area (Å²) in [5.41, 5.74) is 11.6. The van der Waals surface area contributed by atoms with Gasteiger partial charge in [0.05, 0.1) is 34.9 Å². The van der Waals surface area contributed by atoms with Crippen LogP contribution in [0.3, 0.4) is 0 Å². The maximum atomic E-state index is 13.7. The molecule has 0 bridgehead atoms. The highest BCUT2D eigenvalue weighted by Crippen LogP contribution is 2.40. The van der Waals surface area contributed by atoms with Crippen molar-refractivity contribution in [2.24, 2.45) is 11.5 Å². The molecule has 1 aromatic carbocycles. The second kappa shape index (κ2) is 11.4. The molecular formula is C28H30ClN5O6. The summed E-state index contributed by atoms with van der Waals surface area (Å²) in [4.78, 5) is 57.5. The van der Waals surface area contributed by atoms with Gasteiger partial charge in [-0.05, 0) is 44.0 Å². The lowest BCUT2D eigenvalue weighted by molar-refractivity contribution is -0.187. The number of ether oxygens (including phenoxy) is 2. The van der Waals surface area contributed by atoms with E-state index in [4.69, 9.17) is 37.5 Å². The molecule has 0 saturated carbocycles. The molecule has 0 aliphatic carbocycles. The lowest BCUT2D eigenvalue weighted by Gasteiger charge is -2.36. The molecular weight excluding hydrogens is 538 g/mol. The fraction of sp³-hybridized carbons (Fsp3) is 0.393. The van der Waals surface area contributed by atoms with Crippen LogP contribution in [-0.4, -0.2) is 52.4 Å². The minimum atomic E-state index is -2.09. The normalized spacial score (nSPS) is 17.9. The highest BCUT2D eigenvalue weighted by molar-refractivity contribution is 6.20. The largest absolute Gasteiger partial charge is 0.457 e. The number of cyclic esters (lactones) is 1. The summed E-state index contributed by atoms with van der Waals surface area (Å²) in [5.74, 6) is -2.71. The van der Waals surface area contributed by atoms with E-state index in [-0.39, 0.29) is 42.7 Å². The third-order valence-corrected chi connectivity index (χ3v) is 7.66. The van der Waals surface area contributed by atoms with Crippen molar-refractivity contribution < 1.29 is 23.9 Å². The number of amides is 1. The van der Waals surface area contributed by atoms with Crippen molar-refractivity contribution in [3.63, 3.8) is 0 Å². The smallest absolute Gasteiger partial charge is 0.357 e. The predicted molar refractivity (Wildman–Crippen MR) is 147 cm³/mol. The lowest BCUT2D eigenvalue weighted by atomic mass is 9.89. The van der Waals surface area contributed by atoms with Gasteiger partial charge in [0.2, 0.25) is 11.5 Å². The topological polar surface area (TPSA) is 169 Å². The molecule has 40 heavy (non-hydrogen) atoms. The van der Waals surface area contributed by atoms with Crippen molar-refractivity contribution >= 4 is 40.3 Å². The Labute approximate surface area is 234 Å². The molecule has 0 spiro atoms. The second-order valence-electron chi connectivity index (χ2n) is 9.90. The first-order valence-electron chi connectivity index (χ1n) is 13.1. The number of fused-ring (bicyclic) bond motifs is 5. The molecule has 0 radical (unpaired) electrons. The van der Waals surface area contributed by atoms with Crippen LogP contribution in [0.5, 0.6) is 0 Å². The molecule has 2 aliphatic heterocycles. The van der Waals surface area contributed by atoms with Crippen LogP contribution in [0.2, 0.25) is 0 Å². The zero-order valence-corrected chi connectivity index (χ0v) is 22.5. The fourth-order valence-corrected chi connectivity index (χ4v) is 5.52. The van der Waals surface area contributed by atoms with E-state index < -0.39 is 35.4 Å². The van der Waals surface area contributed by atoms with Gasteiger partial charge in [0, 0.05) is 29.5 Å². The Bertz CT molecular complexity index is 1560. The van der Waals surface area contributed by atoms with Crippen LogP contribution in [-0.2, 0) is 42.6 Å². The van der Waals surface area contributed by atoms with Gasteiger partial charge >= 0.3 is 11.9 Å². The molecule has 1 amide bonds. The van der Waals surface area contributed by atoms with Crippen molar-refractivity contribution in [3.05, 3.63) is 63.4 Å². The number of nitrogens with two attached hydrogens (primary N) is 2. The Hall–Kier alpha value is -3.80. The number of alkyl halides is 1. The van der Waals surface area contributed by atoms with Crippen molar-refractivity contribution in [2.45, 2.75) is 50.5 Å². The zero-order chi connectivity index (χ0) is 28.4. The van der Waals surface area contributed by atoms with Gasteiger partial charge < -0.3 is 30.8 Å². The van der Waals surface area contributed by atoms with E-state index in [2.05, 4.69) is 5.32 Å². The van der Waals surface area contributed by atoms with Gasteiger partial charge in [-0.25, -0.2) is 14.6 Å². The van der Waals surface area contributed by atoms with E-state index in [9.17, 15) is 19.2 Å². The first-order chi connectivity index (χ1) is 19.3. The maximum absolute atomic E-state index is 13.7. The number of pyridine rings is 2. The first kappa shape index (κ1) is 27.8. The van der Waals surface area contributed by atoms with E-state index in [1.54, 1.807) is 10.6 Å². The molecule has 5 rings (SSSR count). The minimum absolute atomic E-state index is 0.0101. The number of carbonyl (C=O) groups excluding carboxylic acids is 3. The van der Waals surface area contributed by atoms with E-state index in [0.717, 1.165) is 16.5 Å². The molecule has 2 aliphatic rings. The minimum Gasteiger partial charge on any atom is -0.457 e. The van der Waals surface area contributed by atoms with Crippen LogP contribution in [0.25, 0.3) is 22.3 Å². The number of aromatic nitrogens is 2. The van der Waals surface area contributed by atoms with Gasteiger partial charge in [-0.1, -0.05) is 18.2 Å². The van der Waals surface area contributed by atoms with Crippen LogP contribution in [0.15, 0.2) is 41.2 Å². The molecule has 5 N–H and O–H groups in total. The van der Waals surface area contributed by atoms with Gasteiger partial charge in [-0.2, -0.15) is 0 Å². The molecule has 210 valence electrons. The first-order valence-corrected chi connectivity index (χ1v) is 13.7. The number of benzene rings is 1. The van der Waals surface area contributed by atoms with Crippen LogP contribution < -0.4 is 22.3 Å². The maximum Gasteiger partial charge on any atom is 0.357 e. The van der Waals surface area contributed by atoms with Crippen LogP contribution in [0, 0.1) is 0 Å². The van der Waals surface area contributed by atoms with E-state index in [1.165, 1.54) is 0 Å². The number of carbonyl (C=O) groups is 3. The summed E-state index contributed by atoms with van der Waals surface area (Å²) >= 11 is 6.35. The highest BCUT2D eigenvalue weighted by Gasteiger charge is 2.52. The van der Waals surface area contributed by atoms with Gasteiger partial charge in [-0.3, -0.25) is 9.59 Å². The quantitative estimate of drug-likeness (QED) is 0.146. The Balaban J connectivity index is 1.56. The van der Waals surface area contributed by atoms with Crippen molar-refractivity contribution in [1.82, 2.24) is 14.9 Å². The van der Waals surface area contributed by atoms with Crippen LogP contribution in [0.1, 0.15) is 42.4 Å². The number of esters is 2. The predicted octanol–water partition coefficient (Wildman–Crippen LogP) is 1.42. The molecule has 0 saturated heterocycles. The van der Waals surface area contributed by atoms with E-state index in [1.807, 2.05) is 30.3 Å². The standard InChI is InChI=1S/C28H30ClN5O6/c29-15-28(40-26(37)21(7-3-4-9-30)32-23(35)8-10-31)19-12-22-24-17(11-16-5-1-2-6-20(16)33-24)13-34(22)25(36)18(19)14-39-27(28)38/h1-2,5-6,11-12,21H,3-4,7-10,13-15,30-31H2,(H,32,35)/t21?,28-/m1/s1. The van der Waals surface area contributed by atoms with Crippen LogP contribution >= 0.6 is 11.6 Å². The van der Waals surface area contributed by atoms with E-state index >= 15 is 0 Å². The molecule has 11 nitrogen and oxygen atoms in total. The third-order valence-electron chi connectivity index (χ3n) is 7.29. The Morgan fingerprint density at radius 2 is 1.98 bits per heavy atom. The molecule has 0 fully saturated rings. The number of hydrogen-bond acceptors (Lipinski definition) is 9. The van der Waals surface area contributed by atoms with E-state index in [0.29, 0.717) is 37.3 Å².